The Kier molecular flexibility index (Phi) is 4.96. The van der Waals surface area contributed by atoms with Crippen LogP contribution in [0.15, 0.2) is 47.4 Å². The molecule has 0 aromatic heterocycles. The number of ketones is 1. The van der Waals surface area contributed by atoms with Crippen LogP contribution in [0, 0.1) is 11.6 Å². The zero-order valence-corrected chi connectivity index (χ0v) is 12.4. The van der Waals surface area contributed by atoms with Gasteiger partial charge in [0, 0.05) is 6.07 Å². The smallest absolute Gasteiger partial charge is 0.178 e. The molecule has 0 fully saturated rings. The molecule has 21 heavy (non-hydrogen) atoms. The monoisotopic (exact) mass is 308 g/mol. The van der Waals surface area contributed by atoms with Crippen LogP contribution in [0.1, 0.15) is 17.3 Å². The third kappa shape index (κ3) is 3.61. The van der Waals surface area contributed by atoms with E-state index in [2.05, 4.69) is 0 Å². The maximum Gasteiger partial charge on any atom is 0.178 e. The highest BCUT2D eigenvalue weighted by molar-refractivity contribution is 8.00. The van der Waals surface area contributed by atoms with Crippen LogP contribution in [0.3, 0.4) is 0 Å². The number of thioether (sulfide) groups is 1. The molecule has 5 heteroatoms. The van der Waals surface area contributed by atoms with Crippen LogP contribution in [0.4, 0.5) is 8.78 Å². The van der Waals surface area contributed by atoms with Crippen molar-refractivity contribution in [2.75, 3.05) is 7.11 Å². The van der Waals surface area contributed by atoms with Gasteiger partial charge in [0.05, 0.1) is 22.8 Å². The number of halogens is 2. The summed E-state index contributed by atoms with van der Waals surface area (Å²) in [6, 6.07) is 10.2. The topological polar surface area (TPSA) is 26.3 Å². The lowest BCUT2D eigenvalue weighted by Gasteiger charge is -2.13. The van der Waals surface area contributed by atoms with Crippen molar-refractivity contribution in [1.82, 2.24) is 0 Å². The first-order valence-electron chi connectivity index (χ1n) is 6.32. The number of rotatable bonds is 5. The van der Waals surface area contributed by atoms with Crippen molar-refractivity contribution in [3.05, 3.63) is 59.7 Å². The summed E-state index contributed by atoms with van der Waals surface area (Å²) in [5, 5.41) is -0.513. The van der Waals surface area contributed by atoms with Gasteiger partial charge in [-0.1, -0.05) is 12.1 Å². The molecule has 0 saturated carbocycles. The van der Waals surface area contributed by atoms with E-state index in [-0.39, 0.29) is 11.3 Å². The Labute approximate surface area is 126 Å². The fourth-order valence-corrected chi connectivity index (χ4v) is 2.91. The van der Waals surface area contributed by atoms with Crippen LogP contribution in [-0.2, 0) is 0 Å². The largest absolute Gasteiger partial charge is 0.496 e. The molecule has 0 saturated heterocycles. The van der Waals surface area contributed by atoms with Gasteiger partial charge in [-0.05, 0) is 31.2 Å². The highest BCUT2D eigenvalue weighted by atomic mass is 32.2. The predicted octanol–water partition coefficient (Wildman–Crippen LogP) is 4.34. The van der Waals surface area contributed by atoms with Gasteiger partial charge < -0.3 is 4.74 Å². The average Bonchev–Trinajstić information content (AvgIpc) is 2.47. The summed E-state index contributed by atoms with van der Waals surface area (Å²) in [7, 11) is 1.55. The molecule has 0 aliphatic carbocycles. The second kappa shape index (κ2) is 6.72. The molecule has 2 rings (SSSR count). The summed E-state index contributed by atoms with van der Waals surface area (Å²) >= 11 is 1.28. The van der Waals surface area contributed by atoms with E-state index in [4.69, 9.17) is 4.74 Å². The third-order valence-corrected chi connectivity index (χ3v) is 4.10. The standard InChI is InChI=1S/C16H14F2O2S/c1-10(21-15-6-4-3-5-14(15)20-2)16(19)12-8-7-11(17)9-13(12)18/h3-10H,1-2H3. The molecule has 2 aromatic carbocycles. The third-order valence-electron chi connectivity index (χ3n) is 2.94. The average molecular weight is 308 g/mol. The summed E-state index contributed by atoms with van der Waals surface area (Å²) in [5.74, 6) is -1.27. The quantitative estimate of drug-likeness (QED) is 0.607. The number of carbonyl (C=O) groups excluding carboxylic acids is 1. The van der Waals surface area contributed by atoms with E-state index < -0.39 is 16.9 Å². The molecule has 0 N–H and O–H groups in total. The Morgan fingerprint density at radius 2 is 1.90 bits per heavy atom. The maximum atomic E-state index is 13.7. The number of Topliss-reactive ketones (excluding diaryl/α,β-unsaturated/α-hetero) is 1. The Morgan fingerprint density at radius 3 is 2.57 bits per heavy atom. The van der Waals surface area contributed by atoms with E-state index in [0.29, 0.717) is 11.8 Å². The molecule has 1 unspecified atom stereocenters. The first-order chi connectivity index (χ1) is 10.0. The molecule has 1 atom stereocenters. The van der Waals surface area contributed by atoms with Gasteiger partial charge in [0.1, 0.15) is 17.4 Å². The Bertz CT molecular complexity index is 658. The van der Waals surface area contributed by atoms with Crippen molar-refractivity contribution in [3.63, 3.8) is 0 Å². The van der Waals surface area contributed by atoms with Crippen LogP contribution < -0.4 is 4.74 Å². The highest BCUT2D eigenvalue weighted by Crippen LogP contribution is 2.33. The highest BCUT2D eigenvalue weighted by Gasteiger charge is 2.21. The molecular formula is C16H14F2O2S. The minimum Gasteiger partial charge on any atom is -0.496 e. The van der Waals surface area contributed by atoms with Gasteiger partial charge in [-0.15, -0.1) is 11.8 Å². The van der Waals surface area contributed by atoms with Gasteiger partial charge in [-0.2, -0.15) is 0 Å². The van der Waals surface area contributed by atoms with Crippen molar-refractivity contribution in [2.45, 2.75) is 17.1 Å². The van der Waals surface area contributed by atoms with Crippen LogP contribution in [0.25, 0.3) is 0 Å². The van der Waals surface area contributed by atoms with E-state index >= 15 is 0 Å². The second-order valence-corrected chi connectivity index (χ2v) is 5.78. The SMILES string of the molecule is COc1ccccc1SC(C)C(=O)c1ccc(F)cc1F. The summed E-state index contributed by atoms with van der Waals surface area (Å²) in [5.41, 5.74) is -0.105. The molecule has 0 radical (unpaired) electrons. The van der Waals surface area contributed by atoms with Gasteiger partial charge in [0.15, 0.2) is 5.78 Å². The molecule has 110 valence electrons. The van der Waals surface area contributed by atoms with E-state index in [1.807, 2.05) is 18.2 Å². The number of ether oxygens (including phenoxy) is 1. The molecule has 0 heterocycles. The number of carbonyl (C=O) groups is 1. The van der Waals surface area contributed by atoms with Crippen LogP contribution in [0.5, 0.6) is 5.75 Å². The zero-order valence-electron chi connectivity index (χ0n) is 11.6. The summed E-state index contributed by atoms with van der Waals surface area (Å²) in [6.45, 7) is 1.68. The number of benzene rings is 2. The molecule has 2 aromatic rings. The Morgan fingerprint density at radius 1 is 1.19 bits per heavy atom. The normalized spacial score (nSPS) is 12.0. The Hall–Kier alpha value is -1.88. The van der Waals surface area contributed by atoms with E-state index in [9.17, 15) is 13.6 Å². The van der Waals surface area contributed by atoms with Crippen molar-refractivity contribution in [2.24, 2.45) is 0 Å². The van der Waals surface area contributed by atoms with E-state index in [0.717, 1.165) is 11.0 Å². The fourth-order valence-electron chi connectivity index (χ4n) is 1.87. The van der Waals surface area contributed by atoms with Crippen molar-refractivity contribution >= 4 is 17.5 Å². The van der Waals surface area contributed by atoms with Gasteiger partial charge in [-0.25, -0.2) is 8.78 Å². The van der Waals surface area contributed by atoms with E-state index in [1.165, 1.54) is 17.8 Å². The van der Waals surface area contributed by atoms with Gasteiger partial charge >= 0.3 is 0 Å². The summed E-state index contributed by atoms with van der Waals surface area (Å²) in [4.78, 5) is 13.1. The lowest BCUT2D eigenvalue weighted by atomic mass is 10.1. The Balaban J connectivity index is 2.19. The van der Waals surface area contributed by atoms with Crippen molar-refractivity contribution in [3.8, 4) is 5.75 Å². The van der Waals surface area contributed by atoms with Gasteiger partial charge in [-0.3, -0.25) is 4.79 Å². The van der Waals surface area contributed by atoms with Crippen molar-refractivity contribution in [1.29, 1.82) is 0 Å². The molecule has 0 spiro atoms. The molecule has 2 nitrogen and oxygen atoms in total. The first-order valence-corrected chi connectivity index (χ1v) is 7.20. The number of hydrogen-bond acceptors (Lipinski definition) is 3. The zero-order chi connectivity index (χ0) is 15.4. The minimum absolute atomic E-state index is 0.105. The minimum atomic E-state index is -0.840. The van der Waals surface area contributed by atoms with Crippen LogP contribution in [0.2, 0.25) is 0 Å². The van der Waals surface area contributed by atoms with Gasteiger partial charge in [0.2, 0.25) is 0 Å². The molecule has 0 aliphatic heterocycles. The fraction of sp³-hybridized carbons (Fsp3) is 0.188. The lowest BCUT2D eigenvalue weighted by molar-refractivity contribution is 0.0990. The van der Waals surface area contributed by atoms with Crippen molar-refractivity contribution < 1.29 is 18.3 Å². The number of para-hydroxylation sites is 1. The number of hydrogen-bond donors (Lipinski definition) is 0. The first kappa shape index (κ1) is 15.5. The molecular weight excluding hydrogens is 294 g/mol. The molecule has 0 aliphatic rings. The second-order valence-electron chi connectivity index (χ2n) is 4.40. The summed E-state index contributed by atoms with van der Waals surface area (Å²) in [6.07, 6.45) is 0. The molecule has 0 amide bonds. The lowest BCUT2D eigenvalue weighted by Crippen LogP contribution is -2.15. The number of methoxy groups -OCH3 is 1. The molecule has 0 bridgehead atoms. The van der Waals surface area contributed by atoms with Gasteiger partial charge in [0.25, 0.3) is 0 Å². The maximum absolute atomic E-state index is 13.7. The van der Waals surface area contributed by atoms with Crippen LogP contribution in [-0.4, -0.2) is 18.1 Å². The van der Waals surface area contributed by atoms with E-state index in [1.54, 1.807) is 20.1 Å². The summed E-state index contributed by atoms with van der Waals surface area (Å²) < 4.78 is 31.8. The van der Waals surface area contributed by atoms with Crippen LogP contribution >= 0.6 is 11.8 Å². The predicted molar refractivity (Wildman–Crippen MR) is 79.0 cm³/mol.